The summed E-state index contributed by atoms with van der Waals surface area (Å²) in [6, 6.07) is 7.09. The second kappa shape index (κ2) is 7.91. The number of halogens is 1. The zero-order chi connectivity index (χ0) is 23.5. The molecule has 1 N–H and O–H groups in total. The summed E-state index contributed by atoms with van der Waals surface area (Å²) in [7, 11) is 0. The van der Waals surface area contributed by atoms with Crippen LogP contribution in [-0.2, 0) is 17.8 Å². The summed E-state index contributed by atoms with van der Waals surface area (Å²) in [4.78, 5) is 36.8. The molecule has 0 radical (unpaired) electrons. The first-order valence-electron chi connectivity index (χ1n) is 12.2. The van der Waals surface area contributed by atoms with Crippen LogP contribution in [0.25, 0.3) is 0 Å². The second-order valence-corrected chi connectivity index (χ2v) is 11.5. The highest BCUT2D eigenvalue weighted by Crippen LogP contribution is 2.63. The number of aromatic nitrogens is 2. The summed E-state index contributed by atoms with van der Waals surface area (Å²) in [6.45, 7) is 3.27. The van der Waals surface area contributed by atoms with Crippen LogP contribution in [0.4, 0.5) is 5.82 Å². The number of amides is 2. The smallest absolute Gasteiger partial charge is 0.255 e. The molecule has 3 unspecified atom stereocenters. The number of rotatable bonds is 4. The zero-order valence-electron chi connectivity index (χ0n) is 19.4. The predicted octanol–water partition coefficient (Wildman–Crippen LogP) is 5.18. The Bertz CT molecular complexity index is 1230. The van der Waals surface area contributed by atoms with E-state index in [1.165, 1.54) is 19.2 Å². The van der Waals surface area contributed by atoms with Crippen molar-refractivity contribution in [2.75, 3.05) is 11.9 Å². The molecule has 2 fully saturated rings. The highest BCUT2D eigenvalue weighted by Gasteiger charge is 2.52. The van der Waals surface area contributed by atoms with Crippen molar-refractivity contribution in [3.05, 3.63) is 64.1 Å². The lowest BCUT2D eigenvalue weighted by Crippen LogP contribution is -2.47. The summed E-state index contributed by atoms with van der Waals surface area (Å²) in [5, 5.41) is 3.56. The number of nitrogens with zero attached hydrogens (tertiary/aromatic N) is 3. The Morgan fingerprint density at radius 2 is 2.09 bits per heavy atom. The number of benzene rings is 1. The fourth-order valence-corrected chi connectivity index (χ4v) is 7.63. The molecular formula is C27H29ClN4O2. The van der Waals surface area contributed by atoms with Gasteiger partial charge in [0.15, 0.2) is 0 Å². The summed E-state index contributed by atoms with van der Waals surface area (Å²) in [5.74, 6) is 1.26. The van der Waals surface area contributed by atoms with E-state index in [9.17, 15) is 9.59 Å². The van der Waals surface area contributed by atoms with Crippen molar-refractivity contribution in [2.45, 2.75) is 58.4 Å². The fourth-order valence-electron chi connectivity index (χ4n) is 7.42. The first-order chi connectivity index (χ1) is 16.3. The van der Waals surface area contributed by atoms with Crippen molar-refractivity contribution < 1.29 is 9.59 Å². The topological polar surface area (TPSA) is 75.2 Å². The Morgan fingerprint density at radius 3 is 2.88 bits per heavy atom. The molecule has 5 aliphatic rings. The lowest BCUT2D eigenvalue weighted by Gasteiger charge is -2.57. The Hall–Kier alpha value is -2.73. The zero-order valence-corrected chi connectivity index (χ0v) is 20.2. The maximum Gasteiger partial charge on any atom is 0.255 e. The van der Waals surface area contributed by atoms with Gasteiger partial charge in [0, 0.05) is 18.5 Å². The van der Waals surface area contributed by atoms with Gasteiger partial charge in [0.05, 0.1) is 22.8 Å². The molecule has 1 aromatic carbocycles. The molecule has 2 amide bonds. The molecule has 7 heteroatoms. The van der Waals surface area contributed by atoms with Crippen LogP contribution in [0.1, 0.15) is 67.1 Å². The van der Waals surface area contributed by atoms with Gasteiger partial charge in [0.1, 0.15) is 12.1 Å². The van der Waals surface area contributed by atoms with Crippen LogP contribution in [0.2, 0.25) is 5.02 Å². The fraction of sp³-hybridized carbons (Fsp3) is 0.481. The molecule has 3 atom stereocenters. The molecule has 1 aromatic heterocycles. The first kappa shape index (κ1) is 21.8. The van der Waals surface area contributed by atoms with Gasteiger partial charge in [0.2, 0.25) is 5.91 Å². The van der Waals surface area contributed by atoms with E-state index in [-0.39, 0.29) is 22.6 Å². The van der Waals surface area contributed by atoms with Gasteiger partial charge in [-0.1, -0.05) is 42.3 Å². The maximum absolute atomic E-state index is 13.2. The van der Waals surface area contributed by atoms with Crippen LogP contribution < -0.4 is 5.32 Å². The third-order valence-corrected chi connectivity index (χ3v) is 8.48. The number of allylic oxidation sites excluding steroid dienone is 2. The third kappa shape index (κ3) is 3.82. The van der Waals surface area contributed by atoms with Crippen LogP contribution >= 0.6 is 11.6 Å². The number of carbonyl (C=O) groups excluding carboxylic acids is 2. The van der Waals surface area contributed by atoms with Crippen molar-refractivity contribution in [1.29, 1.82) is 0 Å². The average molecular weight is 477 g/mol. The van der Waals surface area contributed by atoms with Crippen LogP contribution in [-0.4, -0.2) is 33.2 Å². The van der Waals surface area contributed by atoms with Crippen LogP contribution in [0.3, 0.4) is 0 Å². The van der Waals surface area contributed by atoms with Crippen LogP contribution in [0.15, 0.2) is 42.2 Å². The highest BCUT2D eigenvalue weighted by atomic mass is 35.5. The predicted molar refractivity (Wildman–Crippen MR) is 130 cm³/mol. The molecule has 7 rings (SSSR count). The molecule has 34 heavy (non-hydrogen) atoms. The Labute approximate surface area is 204 Å². The second-order valence-electron chi connectivity index (χ2n) is 11.1. The van der Waals surface area contributed by atoms with E-state index in [4.69, 9.17) is 11.6 Å². The van der Waals surface area contributed by atoms with E-state index in [0.29, 0.717) is 42.3 Å². The van der Waals surface area contributed by atoms with Crippen molar-refractivity contribution in [1.82, 2.24) is 14.9 Å². The van der Waals surface area contributed by atoms with Gasteiger partial charge < -0.3 is 10.2 Å². The summed E-state index contributed by atoms with van der Waals surface area (Å²) < 4.78 is 0. The molecule has 2 heterocycles. The number of anilines is 1. The van der Waals surface area contributed by atoms with E-state index < -0.39 is 0 Å². The van der Waals surface area contributed by atoms with Gasteiger partial charge in [-0.3, -0.25) is 9.59 Å². The van der Waals surface area contributed by atoms with Gasteiger partial charge in [-0.25, -0.2) is 9.97 Å². The largest absolute Gasteiger partial charge is 0.332 e. The molecule has 4 bridgehead atoms. The van der Waals surface area contributed by atoms with Crippen LogP contribution in [0.5, 0.6) is 0 Å². The summed E-state index contributed by atoms with van der Waals surface area (Å²) in [6.07, 6.45) is 10.9. The lowest BCUT2D eigenvalue weighted by atomic mass is 9.48. The normalized spacial score (nSPS) is 28.9. The minimum Gasteiger partial charge on any atom is -0.332 e. The Kier molecular flexibility index (Phi) is 5.07. The van der Waals surface area contributed by atoms with E-state index in [1.807, 2.05) is 12.1 Å². The molecule has 176 valence electrons. The van der Waals surface area contributed by atoms with Gasteiger partial charge in [-0.15, -0.1) is 0 Å². The highest BCUT2D eigenvalue weighted by molar-refractivity contribution is 6.33. The van der Waals surface area contributed by atoms with E-state index in [2.05, 4.69) is 28.3 Å². The minimum atomic E-state index is -0.106. The third-order valence-electron chi connectivity index (χ3n) is 8.15. The Balaban J connectivity index is 1.16. The quantitative estimate of drug-likeness (QED) is 0.616. The number of hydrogen-bond acceptors (Lipinski definition) is 4. The van der Waals surface area contributed by atoms with E-state index in [1.54, 1.807) is 22.6 Å². The number of hydrogen-bond donors (Lipinski definition) is 1. The first-order valence-corrected chi connectivity index (χ1v) is 12.6. The lowest BCUT2D eigenvalue weighted by molar-refractivity contribution is -0.121. The molecule has 2 aromatic rings. The summed E-state index contributed by atoms with van der Waals surface area (Å²) in [5.41, 5.74) is 4.13. The van der Waals surface area contributed by atoms with E-state index >= 15 is 0 Å². The van der Waals surface area contributed by atoms with E-state index in [0.717, 1.165) is 36.4 Å². The molecule has 1 aliphatic heterocycles. The minimum absolute atomic E-state index is 0.0432. The van der Waals surface area contributed by atoms with Crippen molar-refractivity contribution in [2.24, 2.45) is 16.7 Å². The monoisotopic (exact) mass is 476 g/mol. The maximum atomic E-state index is 13.2. The van der Waals surface area contributed by atoms with Crippen molar-refractivity contribution in [3.63, 3.8) is 0 Å². The van der Waals surface area contributed by atoms with Crippen LogP contribution in [0, 0.1) is 16.7 Å². The van der Waals surface area contributed by atoms with Crippen molar-refractivity contribution in [3.8, 4) is 0 Å². The molecular weight excluding hydrogens is 448 g/mol. The van der Waals surface area contributed by atoms with Gasteiger partial charge in [0.25, 0.3) is 5.91 Å². The SMILES string of the molecule is CC12C=C3CC(C1)CC(CC(=O)Nc1ncnc4c1CCN(C(=O)c1ccccc1Cl)C4)(C3)C2. The standard InChI is InChI=1S/C27H29ClN4O2/c1-26-9-17-8-18(10-26)12-27(11-17,15-26)13-23(33)31-24-20-6-7-32(14-22(20)29-16-30-24)25(34)19-4-2-3-5-21(19)28/h2-5,9,16,18H,6-8,10-15H2,1H3,(H,29,30,31,33). The summed E-state index contributed by atoms with van der Waals surface area (Å²) >= 11 is 6.23. The molecule has 0 spiro atoms. The molecule has 0 saturated heterocycles. The van der Waals surface area contributed by atoms with Gasteiger partial charge in [-0.2, -0.15) is 0 Å². The van der Waals surface area contributed by atoms with Crippen molar-refractivity contribution >= 4 is 29.2 Å². The number of carbonyl (C=O) groups is 2. The number of fused-ring (bicyclic) bond motifs is 1. The van der Waals surface area contributed by atoms with Gasteiger partial charge in [-0.05, 0) is 67.4 Å². The van der Waals surface area contributed by atoms with Gasteiger partial charge >= 0.3 is 0 Å². The molecule has 4 aliphatic carbocycles. The number of nitrogens with one attached hydrogen (secondary N) is 1. The Morgan fingerprint density at radius 1 is 1.24 bits per heavy atom. The molecule has 2 saturated carbocycles. The molecule has 6 nitrogen and oxygen atoms in total. The average Bonchev–Trinajstić information content (AvgIpc) is 2.76.